The molecule has 0 spiro atoms. The second-order valence-electron chi connectivity index (χ2n) is 5.40. The van der Waals surface area contributed by atoms with Crippen LogP contribution in [0.3, 0.4) is 0 Å². The van der Waals surface area contributed by atoms with E-state index in [0.29, 0.717) is 24.8 Å². The maximum Gasteiger partial charge on any atom is 0.414 e. The Hall–Kier alpha value is -0.290. The Morgan fingerprint density at radius 1 is 1.22 bits per heavy atom. The van der Waals surface area contributed by atoms with Gasteiger partial charge < -0.3 is 10.1 Å². The van der Waals surface area contributed by atoms with Crippen LogP contribution in [0.25, 0.3) is 0 Å². The molecule has 108 valence electrons. The fraction of sp³-hybridized carbons (Fsp3) is 1.00. The largest absolute Gasteiger partial charge is 0.414 e. The van der Waals surface area contributed by atoms with Gasteiger partial charge in [0.2, 0.25) is 0 Å². The lowest BCUT2D eigenvalue weighted by atomic mass is 9.77. The van der Waals surface area contributed by atoms with E-state index in [0.717, 1.165) is 26.4 Å². The van der Waals surface area contributed by atoms with E-state index in [1.54, 1.807) is 0 Å². The van der Waals surface area contributed by atoms with Crippen LogP contribution in [-0.4, -0.2) is 32.5 Å². The van der Waals surface area contributed by atoms with E-state index >= 15 is 0 Å². The number of rotatable bonds is 5. The van der Waals surface area contributed by atoms with E-state index < -0.39 is 12.3 Å². The summed E-state index contributed by atoms with van der Waals surface area (Å²) in [5, 5.41) is 3.18. The topological polar surface area (TPSA) is 21.3 Å². The first kappa shape index (κ1) is 15.8. The molecule has 5 heteroatoms. The zero-order chi connectivity index (χ0) is 13.8. The molecule has 0 aromatic carbocycles. The highest BCUT2D eigenvalue weighted by molar-refractivity contribution is 4.83. The van der Waals surface area contributed by atoms with Gasteiger partial charge in [-0.1, -0.05) is 12.8 Å². The summed E-state index contributed by atoms with van der Waals surface area (Å²) in [6, 6.07) is 0.437. The summed E-state index contributed by atoms with van der Waals surface area (Å²) in [7, 11) is 3.08. The van der Waals surface area contributed by atoms with Crippen molar-refractivity contribution in [1.29, 1.82) is 0 Å². The summed E-state index contributed by atoms with van der Waals surface area (Å²) in [5.74, 6) is 0.186. The minimum Gasteiger partial charge on any atom is -0.372 e. The van der Waals surface area contributed by atoms with Gasteiger partial charge in [0.25, 0.3) is 0 Å². The molecule has 1 aliphatic carbocycles. The molecular weight excluding hydrogens is 243 g/mol. The molecule has 2 nitrogen and oxygen atoms in total. The van der Waals surface area contributed by atoms with Gasteiger partial charge >= 0.3 is 6.18 Å². The molecule has 0 aromatic heterocycles. The Balaban J connectivity index is 2.43. The standard InChI is InChI=1S/C13H24F3NO/c1-9(17-2)8-10-4-6-11(7-5-10)12(18-3)13(14,15)16/h9-12,17H,4-8H2,1-3H3. The summed E-state index contributed by atoms with van der Waals surface area (Å²) in [6.45, 7) is 2.11. The van der Waals surface area contributed by atoms with E-state index in [2.05, 4.69) is 17.0 Å². The van der Waals surface area contributed by atoms with Gasteiger partial charge in [-0.2, -0.15) is 13.2 Å². The predicted octanol–water partition coefficient (Wildman–Crippen LogP) is 3.37. The Labute approximate surface area is 107 Å². The molecular formula is C13H24F3NO. The fourth-order valence-electron chi connectivity index (χ4n) is 2.94. The molecule has 0 aliphatic heterocycles. The lowest BCUT2D eigenvalue weighted by molar-refractivity contribution is -0.231. The number of ether oxygens (including phenoxy) is 1. The highest BCUT2D eigenvalue weighted by atomic mass is 19.4. The van der Waals surface area contributed by atoms with Crippen molar-refractivity contribution in [1.82, 2.24) is 5.32 Å². The van der Waals surface area contributed by atoms with E-state index in [9.17, 15) is 13.2 Å². The zero-order valence-electron chi connectivity index (χ0n) is 11.4. The van der Waals surface area contributed by atoms with E-state index in [4.69, 9.17) is 0 Å². The lowest BCUT2D eigenvalue weighted by Gasteiger charge is -2.34. The van der Waals surface area contributed by atoms with Gasteiger partial charge in [-0.25, -0.2) is 0 Å². The predicted molar refractivity (Wildman–Crippen MR) is 65.4 cm³/mol. The fourth-order valence-corrected chi connectivity index (χ4v) is 2.94. The Morgan fingerprint density at radius 2 is 1.78 bits per heavy atom. The van der Waals surface area contributed by atoms with E-state index in [-0.39, 0.29) is 5.92 Å². The first-order valence-corrected chi connectivity index (χ1v) is 6.65. The molecule has 0 radical (unpaired) electrons. The first-order chi connectivity index (χ1) is 8.38. The molecule has 1 fully saturated rings. The summed E-state index contributed by atoms with van der Waals surface area (Å²) >= 11 is 0. The van der Waals surface area contributed by atoms with Gasteiger partial charge in [0.1, 0.15) is 0 Å². The van der Waals surface area contributed by atoms with Crippen molar-refractivity contribution in [3.05, 3.63) is 0 Å². The number of halogens is 3. The maximum atomic E-state index is 12.7. The van der Waals surface area contributed by atoms with Crippen molar-refractivity contribution in [3.8, 4) is 0 Å². The van der Waals surface area contributed by atoms with Gasteiger partial charge in [0, 0.05) is 13.2 Å². The van der Waals surface area contributed by atoms with E-state index in [1.807, 2.05) is 7.05 Å². The molecule has 18 heavy (non-hydrogen) atoms. The molecule has 0 saturated heterocycles. The van der Waals surface area contributed by atoms with Crippen LogP contribution in [-0.2, 0) is 4.74 Å². The number of nitrogens with one attached hydrogen (secondary N) is 1. The molecule has 2 atom stereocenters. The third-order valence-electron chi connectivity index (χ3n) is 4.08. The van der Waals surface area contributed by atoms with Crippen molar-refractivity contribution in [2.75, 3.05) is 14.2 Å². The van der Waals surface area contributed by atoms with Crippen molar-refractivity contribution >= 4 is 0 Å². The van der Waals surface area contributed by atoms with Gasteiger partial charge in [-0.15, -0.1) is 0 Å². The Morgan fingerprint density at radius 3 is 2.17 bits per heavy atom. The normalized spacial score (nSPS) is 29.0. The average molecular weight is 267 g/mol. The van der Waals surface area contributed by atoms with Crippen LogP contribution in [0, 0.1) is 11.8 Å². The number of alkyl halides is 3. The number of hydrogen-bond acceptors (Lipinski definition) is 2. The zero-order valence-corrected chi connectivity index (χ0v) is 11.4. The van der Waals surface area contributed by atoms with Crippen molar-refractivity contribution in [2.24, 2.45) is 11.8 Å². The van der Waals surface area contributed by atoms with Crippen LogP contribution in [0.1, 0.15) is 39.0 Å². The molecule has 1 saturated carbocycles. The highest BCUT2D eigenvalue weighted by Gasteiger charge is 2.45. The molecule has 2 unspecified atom stereocenters. The van der Waals surface area contributed by atoms with Crippen LogP contribution < -0.4 is 5.32 Å². The molecule has 0 amide bonds. The summed E-state index contributed by atoms with van der Waals surface area (Å²) < 4.78 is 42.8. The monoisotopic (exact) mass is 267 g/mol. The minimum absolute atomic E-state index is 0.365. The lowest BCUT2D eigenvalue weighted by Crippen LogP contribution is -2.40. The average Bonchev–Trinajstić information content (AvgIpc) is 2.30. The van der Waals surface area contributed by atoms with Gasteiger partial charge in [-0.3, -0.25) is 0 Å². The van der Waals surface area contributed by atoms with Crippen LogP contribution >= 0.6 is 0 Å². The van der Waals surface area contributed by atoms with Crippen molar-refractivity contribution in [2.45, 2.75) is 57.3 Å². The molecule has 0 heterocycles. The van der Waals surface area contributed by atoms with Crippen molar-refractivity contribution in [3.63, 3.8) is 0 Å². The van der Waals surface area contributed by atoms with Crippen LogP contribution in [0.4, 0.5) is 13.2 Å². The van der Waals surface area contributed by atoms with Crippen LogP contribution in [0.5, 0.6) is 0 Å². The van der Waals surface area contributed by atoms with Gasteiger partial charge in [0.15, 0.2) is 6.10 Å². The Kier molecular flexibility index (Phi) is 5.92. The smallest absolute Gasteiger partial charge is 0.372 e. The first-order valence-electron chi connectivity index (χ1n) is 6.65. The van der Waals surface area contributed by atoms with Gasteiger partial charge in [-0.05, 0) is 45.1 Å². The molecule has 1 aliphatic rings. The van der Waals surface area contributed by atoms with E-state index in [1.165, 1.54) is 0 Å². The second-order valence-corrected chi connectivity index (χ2v) is 5.40. The molecule has 0 bridgehead atoms. The third kappa shape index (κ3) is 4.43. The SMILES string of the molecule is CNC(C)CC1CCC(C(OC)C(F)(F)F)CC1. The molecule has 0 aromatic rings. The maximum absolute atomic E-state index is 12.7. The third-order valence-corrected chi connectivity index (χ3v) is 4.08. The Bertz CT molecular complexity index is 237. The quantitative estimate of drug-likeness (QED) is 0.824. The van der Waals surface area contributed by atoms with Gasteiger partial charge in [0.05, 0.1) is 0 Å². The number of methoxy groups -OCH3 is 1. The number of hydrogen-bond donors (Lipinski definition) is 1. The van der Waals surface area contributed by atoms with Crippen molar-refractivity contribution < 1.29 is 17.9 Å². The summed E-state index contributed by atoms with van der Waals surface area (Å²) in [5.41, 5.74) is 0. The van der Waals surface area contributed by atoms with Crippen LogP contribution in [0.2, 0.25) is 0 Å². The highest BCUT2D eigenvalue weighted by Crippen LogP contribution is 2.39. The minimum atomic E-state index is -4.23. The summed E-state index contributed by atoms with van der Waals surface area (Å²) in [6.07, 6.45) is -1.75. The molecule has 1 rings (SSSR count). The van der Waals surface area contributed by atoms with Crippen LogP contribution in [0.15, 0.2) is 0 Å². The molecule has 1 N–H and O–H groups in total. The summed E-state index contributed by atoms with van der Waals surface area (Å²) in [4.78, 5) is 0. The second kappa shape index (κ2) is 6.75.